The Morgan fingerprint density at radius 3 is 3.45 bits per heavy atom. The van der Waals surface area contributed by atoms with E-state index in [1.807, 2.05) is 0 Å². The van der Waals surface area contributed by atoms with Crippen LogP contribution in [0.5, 0.6) is 0 Å². The van der Waals surface area contributed by atoms with Crippen LogP contribution in [0.15, 0.2) is 23.8 Å². The number of nitrogens with one attached hydrogen (secondary N) is 2. The third-order valence-corrected chi connectivity index (χ3v) is 1.13. The maximum atomic E-state index is 5.57. The van der Waals surface area contributed by atoms with E-state index in [4.69, 9.17) is 11.6 Å². The van der Waals surface area contributed by atoms with Gasteiger partial charge in [-0.2, -0.15) is 5.43 Å². The van der Waals surface area contributed by atoms with Crippen LogP contribution in [0.4, 0.5) is 0 Å². The van der Waals surface area contributed by atoms with Crippen molar-refractivity contribution in [1.29, 1.82) is 0 Å². The Balaban J connectivity index is 2.37. The molecule has 4 nitrogen and oxygen atoms in total. The third kappa shape index (κ3) is 2.61. The predicted octanol–water partition coefficient (Wildman–Crippen LogP) is 0.366. The molecule has 11 heavy (non-hydrogen) atoms. The summed E-state index contributed by atoms with van der Waals surface area (Å²) in [6.07, 6.45) is 5.93. The van der Waals surface area contributed by atoms with E-state index in [0.717, 1.165) is 0 Å². The van der Waals surface area contributed by atoms with Gasteiger partial charge in [-0.3, -0.25) is 5.43 Å². The second kappa shape index (κ2) is 4.00. The first kappa shape index (κ1) is 8.10. The quantitative estimate of drug-likeness (QED) is 0.603. The lowest BCUT2D eigenvalue weighted by atomic mass is 10.6. The Morgan fingerprint density at radius 1 is 2.00 bits per heavy atom. The lowest BCUT2D eigenvalue weighted by Gasteiger charge is -2.19. The minimum atomic E-state index is 0.375. The van der Waals surface area contributed by atoms with Crippen molar-refractivity contribution in [3.63, 3.8) is 0 Å². The minimum absolute atomic E-state index is 0.375. The summed E-state index contributed by atoms with van der Waals surface area (Å²) in [7, 11) is 0. The molecule has 2 N–H and O–H groups in total. The molecule has 0 unspecified atom stereocenters. The summed E-state index contributed by atoms with van der Waals surface area (Å²) in [6.45, 7) is 4.15. The number of allylic oxidation sites excluding steroid dienone is 1. The number of hydrogen-bond donors (Lipinski definition) is 2. The van der Waals surface area contributed by atoms with Crippen LogP contribution >= 0.6 is 11.6 Å². The van der Waals surface area contributed by atoms with Gasteiger partial charge in [0.05, 0.1) is 6.20 Å². The Kier molecular flexibility index (Phi) is 2.95. The fraction of sp³-hybridized carbons (Fsp3) is 0.167. The van der Waals surface area contributed by atoms with Gasteiger partial charge in [-0.1, -0.05) is 17.7 Å². The van der Waals surface area contributed by atoms with Gasteiger partial charge in [0.25, 0.3) is 0 Å². The average molecular weight is 172 g/mol. The van der Waals surface area contributed by atoms with Crippen LogP contribution in [0, 0.1) is 6.20 Å². The van der Waals surface area contributed by atoms with Crippen LogP contribution in [0.25, 0.3) is 0 Å². The highest BCUT2D eigenvalue weighted by Crippen LogP contribution is 1.94. The molecule has 0 aromatic carbocycles. The first-order valence-electron chi connectivity index (χ1n) is 3.06. The molecule has 0 aromatic heterocycles. The summed E-state index contributed by atoms with van der Waals surface area (Å²) in [5, 5.41) is 5.59. The van der Waals surface area contributed by atoms with E-state index in [1.54, 1.807) is 6.08 Å². The first-order chi connectivity index (χ1) is 5.33. The second-order valence-electron chi connectivity index (χ2n) is 1.79. The first-order valence-corrected chi connectivity index (χ1v) is 3.44. The number of halogens is 1. The van der Waals surface area contributed by atoms with Crippen molar-refractivity contribution in [2.24, 2.45) is 5.10 Å². The zero-order chi connectivity index (χ0) is 8.10. The van der Waals surface area contributed by atoms with Crippen molar-refractivity contribution < 1.29 is 0 Å². The fourth-order valence-electron chi connectivity index (χ4n) is 0.528. The Hall–Kier alpha value is -1.00. The van der Waals surface area contributed by atoms with Gasteiger partial charge >= 0.3 is 0 Å². The summed E-state index contributed by atoms with van der Waals surface area (Å²) in [5.74, 6) is 0. The van der Waals surface area contributed by atoms with E-state index in [1.165, 1.54) is 11.3 Å². The second-order valence-corrected chi connectivity index (χ2v) is 2.17. The van der Waals surface area contributed by atoms with Gasteiger partial charge in [-0.05, 0) is 0 Å². The van der Waals surface area contributed by atoms with Gasteiger partial charge in [-0.25, -0.2) is 0 Å². The third-order valence-electron chi connectivity index (χ3n) is 0.943. The summed E-state index contributed by atoms with van der Waals surface area (Å²) in [4.78, 5) is 0. The van der Waals surface area contributed by atoms with Crippen molar-refractivity contribution in [1.82, 2.24) is 16.1 Å². The standard InChI is InChI=1S/C6H8ClN4/c1-2-4-8-11-9-5-3-6(7)10-11/h2-3,8-9H,1,4H2. The highest BCUT2D eigenvalue weighted by atomic mass is 35.5. The van der Waals surface area contributed by atoms with Crippen molar-refractivity contribution in [2.45, 2.75) is 0 Å². The van der Waals surface area contributed by atoms with Crippen LogP contribution < -0.4 is 10.9 Å². The normalized spacial score (nSPS) is 15.7. The van der Waals surface area contributed by atoms with Gasteiger partial charge in [0.2, 0.25) is 0 Å². The highest BCUT2D eigenvalue weighted by Gasteiger charge is 2.01. The zero-order valence-electron chi connectivity index (χ0n) is 5.84. The van der Waals surface area contributed by atoms with Crippen molar-refractivity contribution in [3.05, 3.63) is 24.9 Å². The number of rotatable bonds is 3. The SMILES string of the molecule is C=CCNN1N=C(Cl)C=[C]N1. The van der Waals surface area contributed by atoms with Crippen molar-refractivity contribution >= 4 is 16.8 Å². The highest BCUT2D eigenvalue weighted by molar-refractivity contribution is 6.68. The summed E-state index contributed by atoms with van der Waals surface area (Å²) < 4.78 is 0. The molecule has 0 saturated heterocycles. The summed E-state index contributed by atoms with van der Waals surface area (Å²) >= 11 is 5.57. The smallest absolute Gasteiger partial charge is 0.154 e. The number of hydrazone groups is 1. The van der Waals surface area contributed by atoms with E-state index in [0.29, 0.717) is 11.7 Å². The number of hydrazine groups is 2. The van der Waals surface area contributed by atoms with Gasteiger partial charge < -0.3 is 0 Å². The molecule has 0 bridgehead atoms. The molecule has 1 radical (unpaired) electrons. The van der Waals surface area contributed by atoms with E-state index >= 15 is 0 Å². The molecule has 0 aliphatic carbocycles. The fourth-order valence-corrected chi connectivity index (χ4v) is 0.658. The lowest BCUT2D eigenvalue weighted by molar-refractivity contribution is 0.149. The Bertz CT molecular complexity index is 199. The molecule has 1 aliphatic rings. The van der Waals surface area contributed by atoms with Crippen LogP contribution in [0.2, 0.25) is 0 Å². The van der Waals surface area contributed by atoms with E-state index < -0.39 is 0 Å². The van der Waals surface area contributed by atoms with Gasteiger partial charge in [0.1, 0.15) is 0 Å². The van der Waals surface area contributed by atoms with Crippen molar-refractivity contribution in [2.75, 3.05) is 6.54 Å². The van der Waals surface area contributed by atoms with Crippen LogP contribution in [-0.2, 0) is 0 Å². The molecule has 0 aromatic rings. The monoisotopic (exact) mass is 171 g/mol. The minimum Gasteiger partial charge on any atom is -0.265 e. The van der Waals surface area contributed by atoms with E-state index in [9.17, 15) is 0 Å². The molecule has 5 heteroatoms. The number of hydrogen-bond acceptors (Lipinski definition) is 4. The molecule has 0 saturated carbocycles. The molecule has 59 valence electrons. The van der Waals surface area contributed by atoms with Crippen LogP contribution in [0.3, 0.4) is 0 Å². The Morgan fingerprint density at radius 2 is 2.82 bits per heavy atom. The predicted molar refractivity (Wildman–Crippen MR) is 44.3 cm³/mol. The molecule has 1 heterocycles. The topological polar surface area (TPSA) is 39.7 Å². The van der Waals surface area contributed by atoms with Gasteiger partial charge in [-0.15, -0.1) is 16.9 Å². The summed E-state index contributed by atoms with van der Waals surface area (Å²) in [6, 6.07) is 0. The molecule has 0 fully saturated rings. The maximum absolute atomic E-state index is 5.57. The molecule has 1 rings (SSSR count). The maximum Gasteiger partial charge on any atom is 0.154 e. The molecule has 0 atom stereocenters. The van der Waals surface area contributed by atoms with E-state index in [-0.39, 0.29) is 0 Å². The van der Waals surface area contributed by atoms with Gasteiger partial charge in [0, 0.05) is 12.6 Å². The van der Waals surface area contributed by atoms with Gasteiger partial charge in [0.15, 0.2) is 5.17 Å². The molecule has 0 amide bonds. The van der Waals surface area contributed by atoms with Crippen molar-refractivity contribution in [3.8, 4) is 0 Å². The molecular formula is C6H8ClN4. The molecular weight excluding hydrogens is 164 g/mol. The Labute approximate surface area is 70.1 Å². The lowest BCUT2D eigenvalue weighted by Crippen LogP contribution is -2.43. The zero-order valence-corrected chi connectivity index (χ0v) is 6.60. The number of nitrogens with zero attached hydrogens (tertiary/aromatic N) is 2. The van der Waals surface area contributed by atoms with Crippen LogP contribution in [0.1, 0.15) is 0 Å². The molecule has 1 aliphatic heterocycles. The average Bonchev–Trinajstić information content (AvgIpc) is 2.01. The van der Waals surface area contributed by atoms with Crippen LogP contribution in [-0.4, -0.2) is 16.9 Å². The molecule has 0 spiro atoms. The summed E-state index contributed by atoms with van der Waals surface area (Å²) in [5.41, 5.74) is 5.53. The van der Waals surface area contributed by atoms with E-state index in [2.05, 4.69) is 28.7 Å². The largest absolute Gasteiger partial charge is 0.265 e.